The summed E-state index contributed by atoms with van der Waals surface area (Å²) >= 11 is 5.71. The maximum absolute atomic E-state index is 10.7. The van der Waals surface area contributed by atoms with Gasteiger partial charge in [0.15, 0.2) is 0 Å². The van der Waals surface area contributed by atoms with Crippen LogP contribution in [0.15, 0.2) is 29.3 Å². The van der Waals surface area contributed by atoms with Crippen molar-refractivity contribution in [3.05, 3.63) is 34.9 Å². The van der Waals surface area contributed by atoms with Crippen LogP contribution in [-0.4, -0.2) is 19.3 Å². The molecule has 0 unspecified atom stereocenters. The summed E-state index contributed by atoms with van der Waals surface area (Å²) in [4.78, 5) is 14.6. The Morgan fingerprint density at radius 2 is 2.14 bits per heavy atom. The number of carbonyl (C=O) groups is 1. The van der Waals surface area contributed by atoms with E-state index in [1.807, 2.05) is 12.1 Å². The molecule has 0 bridgehead atoms. The number of hydrogen-bond acceptors (Lipinski definition) is 3. The molecule has 0 aromatic heterocycles. The van der Waals surface area contributed by atoms with Gasteiger partial charge in [-0.2, -0.15) is 0 Å². The molecule has 0 radical (unpaired) electrons. The zero-order chi connectivity index (χ0) is 10.4. The van der Waals surface area contributed by atoms with Gasteiger partial charge in [0.1, 0.15) is 6.21 Å². The van der Waals surface area contributed by atoms with E-state index in [1.54, 1.807) is 12.1 Å². The highest BCUT2D eigenvalue weighted by Crippen LogP contribution is 2.09. The summed E-state index contributed by atoms with van der Waals surface area (Å²) in [5, 5.41) is 0.686. The molecule has 1 aromatic carbocycles. The van der Waals surface area contributed by atoms with Crippen molar-refractivity contribution < 1.29 is 9.53 Å². The van der Waals surface area contributed by atoms with Crippen LogP contribution in [0.3, 0.4) is 0 Å². The third-order valence-corrected chi connectivity index (χ3v) is 1.84. The molecule has 4 heteroatoms. The highest BCUT2D eigenvalue weighted by atomic mass is 35.5. The fourth-order valence-corrected chi connectivity index (χ4v) is 0.994. The summed E-state index contributed by atoms with van der Waals surface area (Å²) in [6, 6.07) is 7.28. The summed E-state index contributed by atoms with van der Waals surface area (Å²) in [6.07, 6.45) is 1.16. The van der Waals surface area contributed by atoms with Crippen molar-refractivity contribution in [2.45, 2.75) is 6.54 Å². The molecule has 3 nitrogen and oxygen atoms in total. The Morgan fingerprint density at radius 1 is 1.50 bits per heavy atom. The van der Waals surface area contributed by atoms with Gasteiger partial charge in [-0.15, -0.1) is 0 Å². The number of methoxy groups -OCH3 is 1. The van der Waals surface area contributed by atoms with Crippen molar-refractivity contribution in [1.82, 2.24) is 0 Å². The van der Waals surface area contributed by atoms with Gasteiger partial charge < -0.3 is 4.74 Å². The Kier molecular flexibility index (Phi) is 4.13. The van der Waals surface area contributed by atoms with E-state index in [9.17, 15) is 4.79 Å². The lowest BCUT2D eigenvalue weighted by Crippen LogP contribution is -2.00. The van der Waals surface area contributed by atoms with Gasteiger partial charge in [0.2, 0.25) is 0 Å². The minimum atomic E-state index is -0.445. The van der Waals surface area contributed by atoms with Crippen LogP contribution in [0, 0.1) is 0 Å². The minimum absolute atomic E-state index is 0.445. The molecule has 0 saturated carbocycles. The Bertz CT molecular complexity index is 332. The number of esters is 1. The lowest BCUT2D eigenvalue weighted by molar-refractivity contribution is -0.132. The quantitative estimate of drug-likeness (QED) is 0.567. The van der Waals surface area contributed by atoms with Gasteiger partial charge in [-0.3, -0.25) is 4.99 Å². The average molecular weight is 212 g/mol. The van der Waals surface area contributed by atoms with Crippen LogP contribution in [-0.2, 0) is 16.1 Å². The first-order valence-electron chi connectivity index (χ1n) is 4.04. The zero-order valence-electron chi connectivity index (χ0n) is 7.74. The monoisotopic (exact) mass is 211 g/mol. The van der Waals surface area contributed by atoms with Crippen LogP contribution in [0.1, 0.15) is 5.56 Å². The molecule has 14 heavy (non-hydrogen) atoms. The molecular formula is C10H10ClNO2. The second kappa shape index (κ2) is 5.40. The van der Waals surface area contributed by atoms with Crippen molar-refractivity contribution >= 4 is 23.8 Å². The van der Waals surface area contributed by atoms with Crippen molar-refractivity contribution in [1.29, 1.82) is 0 Å². The summed E-state index contributed by atoms with van der Waals surface area (Å²) in [6.45, 7) is 0.451. The largest absolute Gasteiger partial charge is 0.465 e. The fraction of sp³-hybridized carbons (Fsp3) is 0.200. The van der Waals surface area contributed by atoms with E-state index in [-0.39, 0.29) is 0 Å². The fourth-order valence-electron chi connectivity index (χ4n) is 0.868. The number of carbonyl (C=O) groups excluding carboxylic acids is 1. The zero-order valence-corrected chi connectivity index (χ0v) is 8.49. The smallest absolute Gasteiger partial charge is 0.348 e. The lowest BCUT2D eigenvalue weighted by Gasteiger charge is -1.95. The highest BCUT2D eigenvalue weighted by molar-refractivity contribution is 6.30. The maximum Gasteiger partial charge on any atom is 0.348 e. The summed E-state index contributed by atoms with van der Waals surface area (Å²) in [7, 11) is 1.32. The van der Waals surface area contributed by atoms with E-state index in [0.717, 1.165) is 11.8 Å². The molecule has 0 aliphatic carbocycles. The van der Waals surface area contributed by atoms with E-state index >= 15 is 0 Å². The van der Waals surface area contributed by atoms with Crippen LogP contribution in [0.4, 0.5) is 0 Å². The lowest BCUT2D eigenvalue weighted by atomic mass is 10.2. The van der Waals surface area contributed by atoms with Crippen molar-refractivity contribution in [3.8, 4) is 0 Å². The van der Waals surface area contributed by atoms with E-state index < -0.39 is 5.97 Å². The molecule has 74 valence electrons. The predicted octanol–water partition coefficient (Wildman–Crippen LogP) is 2.08. The topological polar surface area (TPSA) is 38.7 Å². The van der Waals surface area contributed by atoms with Crippen LogP contribution in [0.2, 0.25) is 5.02 Å². The Morgan fingerprint density at radius 3 is 2.71 bits per heavy atom. The summed E-state index contributed by atoms with van der Waals surface area (Å²) in [5.74, 6) is -0.445. The van der Waals surface area contributed by atoms with Gasteiger partial charge in [0, 0.05) is 5.02 Å². The molecule has 0 N–H and O–H groups in total. The number of halogens is 1. The molecule has 0 saturated heterocycles. The van der Waals surface area contributed by atoms with Gasteiger partial charge in [-0.25, -0.2) is 4.79 Å². The first-order chi connectivity index (χ1) is 6.72. The van der Waals surface area contributed by atoms with E-state index in [4.69, 9.17) is 11.6 Å². The van der Waals surface area contributed by atoms with Crippen LogP contribution in [0.5, 0.6) is 0 Å². The van der Waals surface area contributed by atoms with Crippen LogP contribution in [0.25, 0.3) is 0 Å². The number of nitrogens with zero attached hydrogens (tertiary/aromatic N) is 1. The summed E-state index contributed by atoms with van der Waals surface area (Å²) in [5.41, 5.74) is 0.995. The molecule has 0 spiro atoms. The first kappa shape index (κ1) is 10.7. The Hall–Kier alpha value is -1.35. The van der Waals surface area contributed by atoms with Gasteiger partial charge in [0.25, 0.3) is 0 Å². The first-order valence-corrected chi connectivity index (χ1v) is 4.42. The highest BCUT2D eigenvalue weighted by Gasteiger charge is 1.93. The number of ether oxygens (including phenoxy) is 1. The average Bonchev–Trinajstić information content (AvgIpc) is 2.21. The van der Waals surface area contributed by atoms with Crippen molar-refractivity contribution in [2.24, 2.45) is 4.99 Å². The van der Waals surface area contributed by atoms with Crippen LogP contribution >= 0.6 is 11.6 Å². The van der Waals surface area contributed by atoms with Gasteiger partial charge in [-0.05, 0) is 17.7 Å². The molecule has 0 aliphatic heterocycles. The minimum Gasteiger partial charge on any atom is -0.465 e. The number of benzene rings is 1. The Balaban J connectivity index is 2.49. The summed E-state index contributed by atoms with van der Waals surface area (Å²) < 4.78 is 4.40. The second-order valence-electron chi connectivity index (χ2n) is 2.62. The van der Waals surface area contributed by atoms with Crippen LogP contribution < -0.4 is 0 Å². The molecule has 1 rings (SSSR count). The number of rotatable bonds is 3. The Labute approximate surface area is 87.4 Å². The maximum atomic E-state index is 10.7. The SMILES string of the molecule is COC(=O)C=NCc1ccc(Cl)cc1. The molecular weight excluding hydrogens is 202 g/mol. The number of aliphatic imine (C=N–C) groups is 1. The normalized spacial score (nSPS) is 10.4. The van der Waals surface area contributed by atoms with E-state index in [0.29, 0.717) is 11.6 Å². The standard InChI is InChI=1S/C10H10ClNO2/c1-14-10(13)7-12-6-8-2-4-9(11)5-3-8/h2-5,7H,6H2,1H3. The molecule has 1 aromatic rings. The van der Waals surface area contributed by atoms with Gasteiger partial charge in [-0.1, -0.05) is 23.7 Å². The second-order valence-corrected chi connectivity index (χ2v) is 3.06. The van der Waals surface area contributed by atoms with Crippen molar-refractivity contribution in [3.63, 3.8) is 0 Å². The predicted molar refractivity (Wildman–Crippen MR) is 55.7 cm³/mol. The number of hydrogen-bond donors (Lipinski definition) is 0. The van der Waals surface area contributed by atoms with Gasteiger partial charge >= 0.3 is 5.97 Å². The molecule has 0 fully saturated rings. The third-order valence-electron chi connectivity index (χ3n) is 1.58. The molecule has 0 amide bonds. The van der Waals surface area contributed by atoms with Crippen molar-refractivity contribution in [2.75, 3.05) is 7.11 Å². The molecule has 0 aliphatic rings. The molecule has 0 heterocycles. The third kappa shape index (κ3) is 3.58. The molecule has 0 atom stereocenters. The van der Waals surface area contributed by atoms with E-state index in [2.05, 4.69) is 9.73 Å². The van der Waals surface area contributed by atoms with Gasteiger partial charge in [0.05, 0.1) is 13.7 Å². The van der Waals surface area contributed by atoms with E-state index in [1.165, 1.54) is 7.11 Å².